The van der Waals surface area contributed by atoms with Crippen LogP contribution in [-0.2, 0) is 16.4 Å². The smallest absolute Gasteiger partial charge is 0.300 e. The van der Waals surface area contributed by atoms with Crippen LogP contribution in [0.15, 0.2) is 14.8 Å². The predicted octanol–water partition coefficient (Wildman–Crippen LogP) is 1.52. The molecule has 9 nitrogen and oxygen atoms in total. The van der Waals surface area contributed by atoms with Gasteiger partial charge >= 0.3 is 0 Å². The van der Waals surface area contributed by atoms with Gasteiger partial charge in [0.05, 0.1) is 4.92 Å². The van der Waals surface area contributed by atoms with Crippen LogP contribution in [-0.4, -0.2) is 30.0 Å². The summed E-state index contributed by atoms with van der Waals surface area (Å²) in [5.41, 5.74) is -0.434. The highest BCUT2D eigenvalue weighted by Gasteiger charge is 2.25. The van der Waals surface area contributed by atoms with E-state index in [1.54, 1.807) is 6.92 Å². The average Bonchev–Trinajstić information content (AvgIpc) is 2.96. The number of aromatic nitrogens is 2. The van der Waals surface area contributed by atoms with E-state index >= 15 is 0 Å². The van der Waals surface area contributed by atoms with Crippen molar-refractivity contribution in [2.45, 2.75) is 17.6 Å². The molecule has 0 radical (unpaired) electrons. The number of hydrogen-bond donors (Lipinski definition) is 1. The zero-order valence-corrected chi connectivity index (χ0v) is 13.0. The number of nitro groups is 1. The Morgan fingerprint density at radius 3 is 2.81 bits per heavy atom. The van der Waals surface area contributed by atoms with Crippen molar-refractivity contribution in [3.8, 4) is 0 Å². The Labute approximate surface area is 128 Å². The number of nitrogens with one attached hydrogen (secondary N) is 1. The molecule has 0 aliphatic heterocycles. The average molecular weight is 353 g/mol. The molecule has 0 aromatic carbocycles. The topological polar surface area (TPSA) is 128 Å². The maximum Gasteiger partial charge on any atom is 0.300 e. The van der Waals surface area contributed by atoms with Gasteiger partial charge in [0, 0.05) is 26.0 Å². The molecule has 0 fully saturated rings. The Balaban J connectivity index is 2.04. The molecule has 2 rings (SSSR count). The summed E-state index contributed by atoms with van der Waals surface area (Å²) in [5.74, 6) is 0.749. The number of thiophene rings is 1. The van der Waals surface area contributed by atoms with Crippen molar-refractivity contribution in [2.75, 3.05) is 6.54 Å². The lowest BCUT2D eigenvalue weighted by atomic mass is 10.4. The molecule has 0 aliphatic carbocycles. The Kier molecular flexibility index (Phi) is 4.56. The first kappa shape index (κ1) is 15.8. The summed E-state index contributed by atoms with van der Waals surface area (Å²) in [4.78, 5) is 13.8. The summed E-state index contributed by atoms with van der Waals surface area (Å²) in [7, 11) is -3.87. The molecule has 2 heterocycles. The second-order valence-corrected chi connectivity index (χ2v) is 7.51. The van der Waals surface area contributed by atoms with Crippen LogP contribution in [0.5, 0.6) is 0 Å². The van der Waals surface area contributed by atoms with Crippen LogP contribution >= 0.6 is 22.9 Å². The fraction of sp³-hybridized carbons (Fsp3) is 0.333. The third-order valence-corrected chi connectivity index (χ3v) is 5.59. The minimum Gasteiger partial charge on any atom is -0.340 e. The van der Waals surface area contributed by atoms with E-state index in [0.717, 1.165) is 6.07 Å². The third kappa shape index (κ3) is 3.75. The zero-order chi connectivity index (χ0) is 15.6. The first-order chi connectivity index (χ1) is 9.79. The molecular formula is C9H9ClN4O5S2. The fourth-order valence-corrected chi connectivity index (χ4v) is 4.15. The minimum atomic E-state index is -3.87. The number of aryl methyl sites for hydroxylation is 1. The van der Waals surface area contributed by atoms with E-state index in [2.05, 4.69) is 14.9 Å². The molecule has 1 N–H and O–H groups in total. The first-order valence-electron chi connectivity index (χ1n) is 5.52. The second-order valence-electron chi connectivity index (χ2n) is 3.86. The molecule has 0 aliphatic rings. The fourth-order valence-electron chi connectivity index (χ4n) is 1.41. The highest BCUT2D eigenvalue weighted by molar-refractivity contribution is 7.91. The van der Waals surface area contributed by atoms with Crippen LogP contribution in [0.1, 0.15) is 11.7 Å². The number of halogens is 1. The van der Waals surface area contributed by atoms with Gasteiger partial charge in [0.1, 0.15) is 4.21 Å². The quantitative estimate of drug-likeness (QED) is 0.616. The van der Waals surface area contributed by atoms with Gasteiger partial charge in [0.25, 0.3) is 5.69 Å². The van der Waals surface area contributed by atoms with E-state index in [1.807, 2.05) is 0 Å². The summed E-state index contributed by atoms with van der Waals surface area (Å²) < 4.78 is 30.6. The highest BCUT2D eigenvalue weighted by Crippen LogP contribution is 2.35. The van der Waals surface area contributed by atoms with Gasteiger partial charge in [0.2, 0.25) is 15.9 Å². The summed E-state index contributed by atoms with van der Waals surface area (Å²) in [6, 6.07) is 0.924. The largest absolute Gasteiger partial charge is 0.340 e. The van der Waals surface area contributed by atoms with Crippen molar-refractivity contribution in [1.82, 2.24) is 14.9 Å². The number of sulfonamides is 1. The number of rotatable bonds is 6. The molecule has 2 aromatic rings. The molecular weight excluding hydrogens is 344 g/mol. The first-order valence-corrected chi connectivity index (χ1v) is 8.20. The Hall–Kier alpha value is -1.56. The Bertz CT molecular complexity index is 769. The monoisotopic (exact) mass is 352 g/mol. The molecule has 0 saturated carbocycles. The molecule has 2 aromatic heterocycles. The van der Waals surface area contributed by atoms with Crippen molar-refractivity contribution >= 4 is 38.6 Å². The summed E-state index contributed by atoms with van der Waals surface area (Å²) in [5, 5.41) is 14.3. The Morgan fingerprint density at radius 2 is 2.29 bits per heavy atom. The van der Waals surface area contributed by atoms with E-state index in [9.17, 15) is 18.5 Å². The normalized spacial score (nSPS) is 11.7. The van der Waals surface area contributed by atoms with Crippen molar-refractivity contribution in [3.05, 3.63) is 32.2 Å². The maximum atomic E-state index is 12.0. The van der Waals surface area contributed by atoms with E-state index < -0.39 is 20.6 Å². The molecule has 0 unspecified atom stereocenters. The van der Waals surface area contributed by atoms with E-state index in [0.29, 0.717) is 23.1 Å². The predicted molar refractivity (Wildman–Crippen MR) is 73.9 cm³/mol. The van der Waals surface area contributed by atoms with E-state index in [1.165, 1.54) is 0 Å². The van der Waals surface area contributed by atoms with Gasteiger partial charge in [-0.3, -0.25) is 10.1 Å². The highest BCUT2D eigenvalue weighted by atomic mass is 35.5. The minimum absolute atomic E-state index is 0.0324. The molecule has 0 amide bonds. The lowest BCUT2D eigenvalue weighted by Gasteiger charge is -2.01. The van der Waals surface area contributed by atoms with Gasteiger partial charge < -0.3 is 4.52 Å². The second kappa shape index (κ2) is 6.05. The van der Waals surface area contributed by atoms with Crippen LogP contribution in [0, 0.1) is 17.0 Å². The van der Waals surface area contributed by atoms with Gasteiger partial charge in [-0.1, -0.05) is 16.8 Å². The van der Waals surface area contributed by atoms with E-state index in [-0.39, 0.29) is 21.5 Å². The van der Waals surface area contributed by atoms with Gasteiger partial charge in [0.15, 0.2) is 10.2 Å². The summed E-state index contributed by atoms with van der Waals surface area (Å²) in [6.45, 7) is 1.65. The standard InChI is InChI=1S/C9H9ClN4O5S2/c1-5-12-7(13-19-5)2-3-11-21(17,18)8-4-6(14(15)16)9(10)20-8/h4,11H,2-3H2,1H3. The molecule has 114 valence electrons. The SMILES string of the molecule is Cc1nc(CCNS(=O)(=O)c2cc([N+](=O)[O-])c(Cl)s2)no1. The van der Waals surface area contributed by atoms with Crippen LogP contribution in [0.25, 0.3) is 0 Å². The van der Waals surface area contributed by atoms with Crippen LogP contribution < -0.4 is 4.72 Å². The Morgan fingerprint density at radius 1 is 1.57 bits per heavy atom. The number of nitrogens with zero attached hydrogens (tertiary/aromatic N) is 3. The molecule has 0 bridgehead atoms. The van der Waals surface area contributed by atoms with Gasteiger partial charge in [-0.2, -0.15) is 4.98 Å². The van der Waals surface area contributed by atoms with Crippen molar-refractivity contribution in [1.29, 1.82) is 0 Å². The molecule has 12 heteroatoms. The maximum absolute atomic E-state index is 12.0. The van der Waals surface area contributed by atoms with Gasteiger partial charge in [-0.25, -0.2) is 13.1 Å². The summed E-state index contributed by atoms with van der Waals surface area (Å²) in [6.07, 6.45) is 0.234. The molecule has 21 heavy (non-hydrogen) atoms. The van der Waals surface area contributed by atoms with Gasteiger partial charge in [-0.05, 0) is 0 Å². The lowest BCUT2D eigenvalue weighted by molar-refractivity contribution is -0.384. The zero-order valence-electron chi connectivity index (χ0n) is 10.6. The van der Waals surface area contributed by atoms with Crippen molar-refractivity contribution in [2.24, 2.45) is 0 Å². The summed E-state index contributed by atoms with van der Waals surface area (Å²) >= 11 is 6.25. The number of hydrogen-bond acceptors (Lipinski definition) is 8. The third-order valence-electron chi connectivity index (χ3n) is 2.32. The lowest BCUT2D eigenvalue weighted by Crippen LogP contribution is -2.25. The van der Waals surface area contributed by atoms with Crippen LogP contribution in [0.4, 0.5) is 5.69 Å². The van der Waals surface area contributed by atoms with Crippen molar-refractivity contribution in [3.63, 3.8) is 0 Å². The molecule has 0 atom stereocenters. The molecule has 0 saturated heterocycles. The van der Waals surface area contributed by atoms with Crippen LogP contribution in [0.2, 0.25) is 4.34 Å². The van der Waals surface area contributed by atoms with Crippen molar-refractivity contribution < 1.29 is 17.9 Å². The van der Waals surface area contributed by atoms with E-state index in [4.69, 9.17) is 16.1 Å². The molecule has 0 spiro atoms. The van der Waals surface area contributed by atoms with Gasteiger partial charge in [-0.15, -0.1) is 11.3 Å². The van der Waals surface area contributed by atoms with Crippen LogP contribution in [0.3, 0.4) is 0 Å².